The molecule has 0 spiro atoms. The van der Waals surface area contributed by atoms with Crippen LogP contribution < -0.4 is 5.73 Å². The van der Waals surface area contributed by atoms with Crippen molar-refractivity contribution in [3.63, 3.8) is 0 Å². The molecule has 0 unspecified atom stereocenters. The summed E-state index contributed by atoms with van der Waals surface area (Å²) in [6.45, 7) is 0.0424. The zero-order chi connectivity index (χ0) is 9.68. The van der Waals surface area contributed by atoms with E-state index in [1.165, 1.54) is 11.8 Å². The number of benzene rings is 1. The maximum absolute atomic E-state index is 10.5. The maximum atomic E-state index is 10.5. The number of carbonyl (C=O) groups excluding carboxylic acids is 1. The third-order valence-electron chi connectivity index (χ3n) is 1.49. The Labute approximate surface area is 80.9 Å². The molecule has 0 saturated carbocycles. The summed E-state index contributed by atoms with van der Waals surface area (Å²) in [5.74, 6) is -0.0328. The SMILES string of the molecule is NC(=O)CSc1ccc(CO)cc1. The smallest absolute Gasteiger partial charge is 0.227 e. The average molecular weight is 197 g/mol. The zero-order valence-electron chi connectivity index (χ0n) is 7.06. The van der Waals surface area contributed by atoms with Crippen LogP contribution in [0.15, 0.2) is 29.2 Å². The summed E-state index contributed by atoms with van der Waals surface area (Å²) in [5.41, 5.74) is 5.86. The Hall–Kier alpha value is -1.00. The molecule has 13 heavy (non-hydrogen) atoms. The highest BCUT2D eigenvalue weighted by molar-refractivity contribution is 8.00. The summed E-state index contributed by atoms with van der Waals surface area (Å²) in [6, 6.07) is 7.37. The second-order valence-electron chi connectivity index (χ2n) is 2.56. The number of thioether (sulfide) groups is 1. The summed E-state index contributed by atoms with van der Waals surface area (Å²) < 4.78 is 0. The lowest BCUT2D eigenvalue weighted by Crippen LogP contribution is -2.12. The fourth-order valence-corrected chi connectivity index (χ4v) is 1.48. The lowest BCUT2D eigenvalue weighted by Gasteiger charge is -1.99. The Morgan fingerprint density at radius 2 is 2.00 bits per heavy atom. The molecule has 1 aromatic carbocycles. The Bertz CT molecular complexity index is 284. The number of aliphatic hydroxyl groups excluding tert-OH is 1. The van der Waals surface area contributed by atoms with Gasteiger partial charge in [0.15, 0.2) is 0 Å². The van der Waals surface area contributed by atoms with Crippen LogP contribution in [0, 0.1) is 0 Å². The van der Waals surface area contributed by atoms with E-state index in [0.29, 0.717) is 5.75 Å². The lowest BCUT2D eigenvalue weighted by atomic mass is 10.2. The van der Waals surface area contributed by atoms with E-state index < -0.39 is 0 Å². The standard InChI is InChI=1S/C9H11NO2S/c10-9(12)6-13-8-3-1-7(5-11)2-4-8/h1-4,11H,5-6H2,(H2,10,12). The van der Waals surface area contributed by atoms with Crippen LogP contribution in [0.4, 0.5) is 0 Å². The minimum Gasteiger partial charge on any atom is -0.392 e. The monoisotopic (exact) mass is 197 g/mol. The molecule has 0 aliphatic carbocycles. The van der Waals surface area contributed by atoms with Crippen molar-refractivity contribution in [2.24, 2.45) is 5.73 Å². The molecule has 0 aliphatic rings. The molecule has 0 aliphatic heterocycles. The zero-order valence-corrected chi connectivity index (χ0v) is 7.88. The fraction of sp³-hybridized carbons (Fsp3) is 0.222. The summed E-state index contributed by atoms with van der Waals surface area (Å²) in [5, 5.41) is 8.77. The molecule has 0 radical (unpaired) electrons. The van der Waals surface area contributed by atoms with Gasteiger partial charge in [-0.1, -0.05) is 12.1 Å². The second kappa shape index (κ2) is 4.89. The van der Waals surface area contributed by atoms with Crippen LogP contribution in [0.25, 0.3) is 0 Å². The van der Waals surface area contributed by atoms with E-state index in [9.17, 15) is 4.79 Å². The molecule has 0 aromatic heterocycles. The van der Waals surface area contributed by atoms with Gasteiger partial charge in [-0.3, -0.25) is 4.79 Å². The normalized spacial score (nSPS) is 9.92. The maximum Gasteiger partial charge on any atom is 0.227 e. The van der Waals surface area contributed by atoms with Crippen LogP contribution in [0.1, 0.15) is 5.56 Å². The first-order chi connectivity index (χ1) is 6.22. The highest BCUT2D eigenvalue weighted by Gasteiger charge is 1.97. The predicted octanol–water partition coefficient (Wildman–Crippen LogP) is 0.756. The molecule has 0 bridgehead atoms. The molecule has 0 heterocycles. The van der Waals surface area contributed by atoms with Crippen LogP contribution in [0.3, 0.4) is 0 Å². The first-order valence-electron chi connectivity index (χ1n) is 3.83. The number of primary amides is 1. The van der Waals surface area contributed by atoms with Gasteiger partial charge in [0.1, 0.15) is 0 Å². The molecular formula is C9H11NO2S. The Morgan fingerprint density at radius 1 is 1.38 bits per heavy atom. The number of hydrogen-bond donors (Lipinski definition) is 2. The van der Waals surface area contributed by atoms with E-state index in [2.05, 4.69) is 0 Å². The average Bonchev–Trinajstić information content (AvgIpc) is 2.15. The third kappa shape index (κ3) is 3.48. The van der Waals surface area contributed by atoms with Crippen LogP contribution in [0.2, 0.25) is 0 Å². The first kappa shape index (κ1) is 10.1. The molecule has 1 amide bonds. The van der Waals surface area contributed by atoms with Gasteiger partial charge in [0.25, 0.3) is 0 Å². The van der Waals surface area contributed by atoms with E-state index in [0.717, 1.165) is 10.5 Å². The predicted molar refractivity (Wildman–Crippen MR) is 52.3 cm³/mol. The van der Waals surface area contributed by atoms with Crippen molar-refractivity contribution in [2.45, 2.75) is 11.5 Å². The number of amides is 1. The molecule has 0 saturated heterocycles. The molecule has 1 rings (SSSR count). The van der Waals surface area contributed by atoms with Gasteiger partial charge in [-0.25, -0.2) is 0 Å². The van der Waals surface area contributed by atoms with Gasteiger partial charge in [-0.05, 0) is 17.7 Å². The Balaban J connectivity index is 2.54. The topological polar surface area (TPSA) is 63.3 Å². The van der Waals surface area contributed by atoms with Crippen LogP contribution in [0.5, 0.6) is 0 Å². The van der Waals surface area contributed by atoms with Crippen LogP contribution in [-0.4, -0.2) is 16.8 Å². The molecule has 0 fully saturated rings. The van der Waals surface area contributed by atoms with Gasteiger partial charge in [-0.2, -0.15) is 0 Å². The van der Waals surface area contributed by atoms with Gasteiger partial charge in [0.05, 0.1) is 12.4 Å². The van der Waals surface area contributed by atoms with Crippen molar-refractivity contribution in [3.8, 4) is 0 Å². The Morgan fingerprint density at radius 3 is 2.46 bits per heavy atom. The number of nitrogens with two attached hydrogens (primary N) is 1. The number of carbonyl (C=O) groups is 1. The second-order valence-corrected chi connectivity index (χ2v) is 3.61. The fourth-order valence-electron chi connectivity index (χ4n) is 0.846. The molecule has 4 heteroatoms. The van der Waals surface area contributed by atoms with Crippen LogP contribution >= 0.6 is 11.8 Å². The molecule has 3 N–H and O–H groups in total. The largest absolute Gasteiger partial charge is 0.392 e. The van der Waals surface area contributed by atoms with Crippen molar-refractivity contribution < 1.29 is 9.90 Å². The van der Waals surface area contributed by atoms with Crippen molar-refractivity contribution >= 4 is 17.7 Å². The first-order valence-corrected chi connectivity index (χ1v) is 4.82. The number of aliphatic hydroxyl groups is 1. The van der Waals surface area contributed by atoms with E-state index >= 15 is 0 Å². The quantitative estimate of drug-likeness (QED) is 0.700. The lowest BCUT2D eigenvalue weighted by molar-refractivity contribution is -0.115. The van der Waals surface area contributed by atoms with E-state index in [4.69, 9.17) is 10.8 Å². The highest BCUT2D eigenvalue weighted by Crippen LogP contribution is 2.17. The van der Waals surface area contributed by atoms with Gasteiger partial charge in [-0.15, -0.1) is 11.8 Å². The third-order valence-corrected chi connectivity index (χ3v) is 2.52. The summed E-state index contributed by atoms with van der Waals surface area (Å²) in [6.07, 6.45) is 0. The van der Waals surface area contributed by atoms with Gasteiger partial charge in [0, 0.05) is 4.90 Å². The van der Waals surface area contributed by atoms with Crippen molar-refractivity contribution in [1.82, 2.24) is 0 Å². The molecule has 3 nitrogen and oxygen atoms in total. The Kier molecular flexibility index (Phi) is 3.79. The molecular weight excluding hydrogens is 186 g/mol. The van der Waals surface area contributed by atoms with E-state index in [1.807, 2.05) is 24.3 Å². The molecule has 1 aromatic rings. The molecule has 70 valence electrons. The van der Waals surface area contributed by atoms with Crippen molar-refractivity contribution in [3.05, 3.63) is 29.8 Å². The van der Waals surface area contributed by atoms with E-state index in [1.54, 1.807) is 0 Å². The minimum atomic E-state index is -0.323. The van der Waals surface area contributed by atoms with E-state index in [-0.39, 0.29) is 12.5 Å². The summed E-state index contributed by atoms with van der Waals surface area (Å²) in [7, 11) is 0. The van der Waals surface area contributed by atoms with Crippen molar-refractivity contribution in [1.29, 1.82) is 0 Å². The van der Waals surface area contributed by atoms with Gasteiger partial charge < -0.3 is 10.8 Å². The molecule has 0 atom stereocenters. The summed E-state index contributed by atoms with van der Waals surface area (Å²) in [4.78, 5) is 11.4. The minimum absolute atomic E-state index is 0.0424. The number of rotatable bonds is 4. The van der Waals surface area contributed by atoms with Crippen molar-refractivity contribution in [2.75, 3.05) is 5.75 Å². The van der Waals surface area contributed by atoms with Crippen LogP contribution in [-0.2, 0) is 11.4 Å². The number of hydrogen-bond acceptors (Lipinski definition) is 3. The summed E-state index contributed by atoms with van der Waals surface area (Å²) >= 11 is 1.39. The highest BCUT2D eigenvalue weighted by atomic mass is 32.2. The van der Waals surface area contributed by atoms with Gasteiger partial charge >= 0.3 is 0 Å². The van der Waals surface area contributed by atoms with Gasteiger partial charge in [0.2, 0.25) is 5.91 Å².